The van der Waals surface area contributed by atoms with Crippen molar-refractivity contribution in [1.29, 1.82) is 0 Å². The van der Waals surface area contributed by atoms with Gasteiger partial charge in [0.05, 0.1) is 4.90 Å². The van der Waals surface area contributed by atoms with Gasteiger partial charge in [-0.25, -0.2) is 12.7 Å². The summed E-state index contributed by atoms with van der Waals surface area (Å²) in [5.41, 5.74) is 1.46. The third-order valence-corrected chi connectivity index (χ3v) is 6.72. The minimum Gasteiger partial charge on any atom is -0.324 e. The zero-order valence-corrected chi connectivity index (χ0v) is 17.0. The van der Waals surface area contributed by atoms with Crippen LogP contribution in [0.3, 0.4) is 0 Å². The highest BCUT2D eigenvalue weighted by Crippen LogP contribution is 2.28. The number of hydrogen-bond acceptors (Lipinski definition) is 4. The van der Waals surface area contributed by atoms with Crippen molar-refractivity contribution in [2.75, 3.05) is 5.32 Å². The molecule has 0 saturated carbocycles. The van der Waals surface area contributed by atoms with Crippen molar-refractivity contribution in [3.8, 4) is 0 Å². The Kier molecular flexibility index (Phi) is 5.33. The SMILES string of the molecule is Cc1ccc(S(=O)(=O)N2C(=O)CC[C@@H]2C(=O)Nc2ccc(I)cc2)cc1. The molecular formula is C18H17IN2O4S. The summed E-state index contributed by atoms with van der Waals surface area (Å²) < 4.78 is 27.5. The molecule has 1 aliphatic rings. The number of halogens is 1. The van der Waals surface area contributed by atoms with E-state index < -0.39 is 27.9 Å². The maximum Gasteiger partial charge on any atom is 0.267 e. The van der Waals surface area contributed by atoms with Crippen LogP contribution in [0.5, 0.6) is 0 Å². The van der Waals surface area contributed by atoms with Crippen LogP contribution < -0.4 is 5.32 Å². The molecule has 0 unspecified atom stereocenters. The van der Waals surface area contributed by atoms with Gasteiger partial charge in [-0.1, -0.05) is 17.7 Å². The molecule has 3 rings (SSSR count). The molecule has 1 N–H and O–H groups in total. The maximum absolute atomic E-state index is 12.9. The van der Waals surface area contributed by atoms with Crippen molar-refractivity contribution in [3.63, 3.8) is 0 Å². The van der Waals surface area contributed by atoms with Crippen molar-refractivity contribution < 1.29 is 18.0 Å². The highest BCUT2D eigenvalue weighted by Gasteiger charge is 2.44. The molecule has 0 bridgehead atoms. The molecule has 0 aromatic heterocycles. The van der Waals surface area contributed by atoms with E-state index in [1.807, 2.05) is 19.1 Å². The first-order valence-electron chi connectivity index (χ1n) is 7.99. The Morgan fingerprint density at radius 3 is 2.35 bits per heavy atom. The molecule has 6 nitrogen and oxygen atoms in total. The van der Waals surface area contributed by atoms with Gasteiger partial charge < -0.3 is 5.32 Å². The summed E-state index contributed by atoms with van der Waals surface area (Å²) in [4.78, 5) is 24.9. The topological polar surface area (TPSA) is 83.6 Å². The van der Waals surface area contributed by atoms with Gasteiger partial charge in [0.25, 0.3) is 10.0 Å². The highest BCUT2D eigenvalue weighted by atomic mass is 127. The number of benzene rings is 2. The molecule has 2 aromatic rings. The van der Waals surface area contributed by atoms with Crippen molar-refractivity contribution in [1.82, 2.24) is 4.31 Å². The lowest BCUT2D eigenvalue weighted by atomic mass is 10.2. The summed E-state index contributed by atoms with van der Waals surface area (Å²) in [6.07, 6.45) is 0.190. The van der Waals surface area contributed by atoms with Crippen molar-refractivity contribution >= 4 is 50.1 Å². The largest absolute Gasteiger partial charge is 0.324 e. The fraction of sp³-hybridized carbons (Fsp3) is 0.222. The molecule has 0 radical (unpaired) electrons. The van der Waals surface area contributed by atoms with E-state index in [9.17, 15) is 18.0 Å². The molecule has 1 saturated heterocycles. The molecule has 8 heteroatoms. The van der Waals surface area contributed by atoms with E-state index in [1.165, 1.54) is 12.1 Å². The van der Waals surface area contributed by atoms with E-state index in [2.05, 4.69) is 27.9 Å². The number of nitrogens with zero attached hydrogens (tertiary/aromatic N) is 1. The summed E-state index contributed by atoms with van der Waals surface area (Å²) in [7, 11) is -4.08. The normalized spacial score (nSPS) is 17.4. The zero-order valence-electron chi connectivity index (χ0n) is 14.0. The Morgan fingerprint density at radius 1 is 1.12 bits per heavy atom. The Balaban J connectivity index is 1.87. The molecule has 1 aliphatic heterocycles. The minimum atomic E-state index is -4.08. The van der Waals surface area contributed by atoms with Crippen LogP contribution in [0.25, 0.3) is 0 Å². The third kappa shape index (κ3) is 3.75. The monoisotopic (exact) mass is 484 g/mol. The Bertz CT molecular complexity index is 940. The summed E-state index contributed by atoms with van der Waals surface area (Å²) in [6, 6.07) is 12.3. The van der Waals surface area contributed by atoms with Crippen molar-refractivity contribution in [2.24, 2.45) is 0 Å². The predicted molar refractivity (Wildman–Crippen MR) is 106 cm³/mol. The van der Waals surface area contributed by atoms with Gasteiger partial charge in [0.1, 0.15) is 6.04 Å². The second-order valence-electron chi connectivity index (χ2n) is 6.06. The second-order valence-corrected chi connectivity index (χ2v) is 9.12. The van der Waals surface area contributed by atoms with E-state index in [0.717, 1.165) is 13.4 Å². The zero-order chi connectivity index (χ0) is 18.9. The lowest BCUT2D eigenvalue weighted by Crippen LogP contribution is -2.45. The van der Waals surface area contributed by atoms with E-state index in [1.54, 1.807) is 24.3 Å². The molecule has 1 fully saturated rings. The molecule has 0 aliphatic carbocycles. The Hall–Kier alpha value is -1.94. The molecule has 2 amide bonds. The minimum absolute atomic E-state index is 0.00501. The fourth-order valence-corrected chi connectivity index (χ4v) is 4.75. The quantitative estimate of drug-likeness (QED) is 0.677. The van der Waals surface area contributed by atoms with Gasteiger partial charge in [-0.15, -0.1) is 0 Å². The van der Waals surface area contributed by atoms with Crippen LogP contribution in [-0.2, 0) is 19.6 Å². The van der Waals surface area contributed by atoms with Crippen LogP contribution >= 0.6 is 22.6 Å². The first kappa shape index (κ1) is 18.8. The Morgan fingerprint density at radius 2 is 1.73 bits per heavy atom. The molecule has 26 heavy (non-hydrogen) atoms. The average Bonchev–Trinajstić information content (AvgIpc) is 3.00. The van der Waals surface area contributed by atoms with Crippen molar-refractivity contribution in [3.05, 3.63) is 57.7 Å². The first-order chi connectivity index (χ1) is 12.3. The number of anilines is 1. The van der Waals surface area contributed by atoms with Crippen LogP contribution in [0.1, 0.15) is 18.4 Å². The number of hydrogen-bond donors (Lipinski definition) is 1. The van der Waals surface area contributed by atoms with Gasteiger partial charge in [0.15, 0.2) is 0 Å². The summed E-state index contributed by atoms with van der Waals surface area (Å²) in [5, 5.41) is 2.69. The van der Waals surface area contributed by atoms with Gasteiger partial charge in [0, 0.05) is 15.7 Å². The van der Waals surface area contributed by atoms with Gasteiger partial charge in [-0.3, -0.25) is 9.59 Å². The standard InChI is InChI=1S/C18H17IN2O4S/c1-12-2-8-15(9-3-12)26(24,25)21-16(10-11-17(21)22)18(23)20-14-6-4-13(19)5-7-14/h2-9,16H,10-11H2,1H3,(H,20,23)/t16-/m1/s1. The van der Waals surface area contributed by atoms with Crippen LogP contribution in [0.2, 0.25) is 0 Å². The van der Waals surface area contributed by atoms with Crippen LogP contribution in [0.15, 0.2) is 53.4 Å². The van der Waals surface area contributed by atoms with Gasteiger partial charge >= 0.3 is 0 Å². The lowest BCUT2D eigenvalue weighted by Gasteiger charge is -2.23. The van der Waals surface area contributed by atoms with E-state index >= 15 is 0 Å². The van der Waals surface area contributed by atoms with Gasteiger partial charge in [0.2, 0.25) is 11.8 Å². The molecule has 136 valence electrons. The van der Waals surface area contributed by atoms with Crippen molar-refractivity contribution in [2.45, 2.75) is 30.7 Å². The number of amides is 2. The number of carbonyl (C=O) groups is 2. The van der Waals surface area contributed by atoms with E-state index in [-0.39, 0.29) is 17.7 Å². The number of carbonyl (C=O) groups excluding carboxylic acids is 2. The first-order valence-corrected chi connectivity index (χ1v) is 10.5. The van der Waals surface area contributed by atoms with Gasteiger partial charge in [-0.2, -0.15) is 0 Å². The molecular weight excluding hydrogens is 467 g/mol. The van der Waals surface area contributed by atoms with Crippen LogP contribution in [0, 0.1) is 10.5 Å². The maximum atomic E-state index is 12.9. The van der Waals surface area contributed by atoms with E-state index in [4.69, 9.17) is 0 Å². The average molecular weight is 484 g/mol. The van der Waals surface area contributed by atoms with Crippen LogP contribution in [-0.4, -0.2) is 30.6 Å². The van der Waals surface area contributed by atoms with Gasteiger partial charge in [-0.05, 0) is 72.3 Å². The fourth-order valence-electron chi connectivity index (χ4n) is 2.78. The van der Waals surface area contributed by atoms with E-state index in [0.29, 0.717) is 5.69 Å². The number of rotatable bonds is 4. The molecule has 0 spiro atoms. The molecule has 2 aromatic carbocycles. The smallest absolute Gasteiger partial charge is 0.267 e. The number of nitrogens with one attached hydrogen (secondary N) is 1. The molecule has 1 atom stereocenters. The highest BCUT2D eigenvalue weighted by molar-refractivity contribution is 14.1. The number of aryl methyl sites for hydroxylation is 1. The summed E-state index contributed by atoms with van der Waals surface area (Å²) >= 11 is 2.15. The number of sulfonamides is 1. The molecule has 1 heterocycles. The second kappa shape index (κ2) is 7.36. The summed E-state index contributed by atoms with van der Waals surface area (Å²) in [6.45, 7) is 1.84. The van der Waals surface area contributed by atoms with Crippen LogP contribution in [0.4, 0.5) is 5.69 Å². The summed E-state index contributed by atoms with van der Waals surface area (Å²) in [5.74, 6) is -1.07. The Labute approximate surface area is 165 Å². The predicted octanol–water partition coefficient (Wildman–Crippen LogP) is 2.92. The third-order valence-electron chi connectivity index (χ3n) is 4.15. The lowest BCUT2D eigenvalue weighted by molar-refractivity contribution is -0.128.